The first kappa shape index (κ1) is 12.0. The summed E-state index contributed by atoms with van der Waals surface area (Å²) in [5.74, 6) is 0. The van der Waals surface area contributed by atoms with Crippen LogP contribution >= 0.6 is 33.9 Å². The second-order valence-corrected chi connectivity index (χ2v) is 6.63. The molecule has 2 aromatic rings. The highest BCUT2D eigenvalue weighted by atomic mass is 127. The average molecular weight is 344 g/mol. The highest BCUT2D eigenvalue weighted by molar-refractivity contribution is 14.1. The summed E-state index contributed by atoms with van der Waals surface area (Å²) in [6, 6.07) is 6.32. The van der Waals surface area contributed by atoms with Gasteiger partial charge in [-0.15, -0.1) is 11.3 Å². The molecule has 2 N–H and O–H groups in total. The van der Waals surface area contributed by atoms with Crippen molar-refractivity contribution < 1.29 is 0 Å². The van der Waals surface area contributed by atoms with Crippen LogP contribution in [0.3, 0.4) is 0 Å². The number of rotatable bonds is 3. The third-order valence-corrected chi connectivity index (χ3v) is 4.22. The Morgan fingerprint density at radius 1 is 1.50 bits per heavy atom. The molecule has 0 aliphatic rings. The van der Waals surface area contributed by atoms with Crippen molar-refractivity contribution in [2.24, 2.45) is 5.73 Å². The summed E-state index contributed by atoms with van der Waals surface area (Å²) in [4.78, 5) is 4.37. The van der Waals surface area contributed by atoms with Gasteiger partial charge >= 0.3 is 0 Å². The molecule has 0 saturated heterocycles. The predicted molar refractivity (Wildman–Crippen MR) is 76.6 cm³/mol. The van der Waals surface area contributed by atoms with Gasteiger partial charge in [0, 0.05) is 24.4 Å². The Morgan fingerprint density at radius 3 is 2.88 bits per heavy atom. The Hall–Kier alpha value is -0.460. The van der Waals surface area contributed by atoms with Gasteiger partial charge in [-0.05, 0) is 58.2 Å². The molecule has 0 saturated carbocycles. The van der Waals surface area contributed by atoms with Crippen molar-refractivity contribution in [2.75, 3.05) is 0 Å². The number of nitrogens with zero attached hydrogens (tertiary/aromatic N) is 1. The van der Waals surface area contributed by atoms with Crippen LogP contribution in [-0.4, -0.2) is 4.98 Å². The minimum Gasteiger partial charge on any atom is -0.324 e. The molecule has 0 amide bonds. The molecule has 2 rings (SSSR count). The van der Waals surface area contributed by atoms with Gasteiger partial charge in [-0.2, -0.15) is 0 Å². The van der Waals surface area contributed by atoms with Crippen molar-refractivity contribution in [1.82, 2.24) is 4.98 Å². The number of nitrogens with two attached hydrogens (primary N) is 1. The zero-order chi connectivity index (χ0) is 11.5. The monoisotopic (exact) mass is 344 g/mol. The van der Waals surface area contributed by atoms with E-state index in [9.17, 15) is 0 Å². The first-order valence-corrected chi connectivity index (χ1v) is 7.02. The van der Waals surface area contributed by atoms with E-state index in [2.05, 4.69) is 45.1 Å². The lowest BCUT2D eigenvalue weighted by Crippen LogP contribution is -2.13. The first-order chi connectivity index (χ1) is 7.65. The van der Waals surface area contributed by atoms with Crippen molar-refractivity contribution >= 4 is 33.9 Å². The largest absolute Gasteiger partial charge is 0.324 e. The molecule has 1 atom stereocenters. The third kappa shape index (κ3) is 3.02. The van der Waals surface area contributed by atoms with Crippen LogP contribution in [0.5, 0.6) is 0 Å². The molecular formula is C12H13IN2S. The Balaban J connectivity index is 2.07. The number of thiophene rings is 1. The fourth-order valence-corrected chi connectivity index (χ4v) is 2.92. The maximum atomic E-state index is 6.14. The summed E-state index contributed by atoms with van der Waals surface area (Å²) in [7, 11) is 0. The molecule has 1 unspecified atom stereocenters. The van der Waals surface area contributed by atoms with Gasteiger partial charge in [-0.25, -0.2) is 0 Å². The topological polar surface area (TPSA) is 38.9 Å². The second kappa shape index (κ2) is 5.25. The Morgan fingerprint density at radius 2 is 2.31 bits per heavy atom. The number of aromatic nitrogens is 1. The highest BCUT2D eigenvalue weighted by Gasteiger charge is 2.09. The maximum Gasteiger partial charge on any atom is 0.0656 e. The Kier molecular flexibility index (Phi) is 3.94. The van der Waals surface area contributed by atoms with Crippen LogP contribution in [0.4, 0.5) is 0 Å². The summed E-state index contributed by atoms with van der Waals surface area (Å²) < 4.78 is 1.28. The van der Waals surface area contributed by atoms with Crippen LogP contribution in [0.25, 0.3) is 0 Å². The van der Waals surface area contributed by atoms with E-state index in [-0.39, 0.29) is 6.04 Å². The second-order valence-electron chi connectivity index (χ2n) is 3.82. The minimum atomic E-state index is 0.0509. The quantitative estimate of drug-likeness (QED) is 0.868. The smallest absolute Gasteiger partial charge is 0.0656 e. The van der Waals surface area contributed by atoms with E-state index in [1.54, 1.807) is 11.3 Å². The summed E-state index contributed by atoms with van der Waals surface area (Å²) in [5, 5.41) is 2.13. The van der Waals surface area contributed by atoms with Gasteiger partial charge in [-0.1, -0.05) is 6.07 Å². The molecule has 0 aromatic carbocycles. The lowest BCUT2D eigenvalue weighted by atomic mass is 10.1. The van der Waals surface area contributed by atoms with Gasteiger partial charge in [-0.3, -0.25) is 4.98 Å². The van der Waals surface area contributed by atoms with E-state index in [4.69, 9.17) is 5.73 Å². The van der Waals surface area contributed by atoms with Crippen LogP contribution in [0.15, 0.2) is 29.8 Å². The summed E-state index contributed by atoms with van der Waals surface area (Å²) in [6.07, 6.45) is 2.69. The normalized spacial score (nSPS) is 12.7. The molecule has 4 heteroatoms. The summed E-state index contributed by atoms with van der Waals surface area (Å²) >= 11 is 4.05. The van der Waals surface area contributed by atoms with Crippen molar-refractivity contribution in [3.05, 3.63) is 49.5 Å². The minimum absolute atomic E-state index is 0.0509. The molecule has 84 valence electrons. The molecule has 0 aliphatic heterocycles. The van der Waals surface area contributed by atoms with Crippen LogP contribution < -0.4 is 5.73 Å². The number of aryl methyl sites for hydroxylation is 1. The summed E-state index contributed by atoms with van der Waals surface area (Å²) in [6.45, 7) is 2.04. The zero-order valence-corrected chi connectivity index (χ0v) is 12.0. The lowest BCUT2D eigenvalue weighted by Gasteiger charge is -2.09. The number of hydrogen-bond donors (Lipinski definition) is 1. The summed E-state index contributed by atoms with van der Waals surface area (Å²) in [5.41, 5.74) is 9.58. The van der Waals surface area contributed by atoms with Crippen LogP contribution in [0, 0.1) is 9.81 Å². The standard InChI is InChI=1S/C12H13IN2S/c1-8-2-3-10(15-6-8)5-11(14)9-4-12(13)16-7-9/h2-4,6-7,11H,5,14H2,1H3. The van der Waals surface area contributed by atoms with E-state index >= 15 is 0 Å². The molecule has 0 radical (unpaired) electrons. The molecule has 0 fully saturated rings. The van der Waals surface area contributed by atoms with Crippen LogP contribution in [-0.2, 0) is 6.42 Å². The van der Waals surface area contributed by atoms with E-state index in [0.29, 0.717) is 0 Å². The predicted octanol–water partition coefficient (Wildman–Crippen LogP) is 3.30. The van der Waals surface area contributed by atoms with Gasteiger partial charge in [0.25, 0.3) is 0 Å². The molecule has 0 spiro atoms. The van der Waals surface area contributed by atoms with Gasteiger partial charge in [0.2, 0.25) is 0 Å². The van der Waals surface area contributed by atoms with Gasteiger partial charge in [0.05, 0.1) is 2.88 Å². The number of pyridine rings is 1. The number of halogens is 1. The van der Waals surface area contributed by atoms with E-state index in [0.717, 1.165) is 12.1 Å². The van der Waals surface area contributed by atoms with Crippen molar-refractivity contribution in [3.8, 4) is 0 Å². The van der Waals surface area contributed by atoms with Gasteiger partial charge < -0.3 is 5.73 Å². The molecule has 0 bridgehead atoms. The zero-order valence-electron chi connectivity index (χ0n) is 8.98. The SMILES string of the molecule is Cc1ccc(CC(N)c2csc(I)c2)nc1. The third-order valence-electron chi connectivity index (χ3n) is 2.42. The Bertz CT molecular complexity index is 464. The van der Waals surface area contributed by atoms with E-state index < -0.39 is 0 Å². The van der Waals surface area contributed by atoms with Crippen molar-refractivity contribution in [1.29, 1.82) is 0 Å². The first-order valence-electron chi connectivity index (χ1n) is 5.06. The fourth-order valence-electron chi connectivity index (χ4n) is 1.48. The van der Waals surface area contributed by atoms with E-state index in [1.807, 2.05) is 19.2 Å². The average Bonchev–Trinajstić information content (AvgIpc) is 2.68. The molecule has 2 nitrogen and oxygen atoms in total. The lowest BCUT2D eigenvalue weighted by molar-refractivity contribution is 0.709. The fraction of sp³-hybridized carbons (Fsp3) is 0.250. The Labute approximate surface area is 113 Å². The van der Waals surface area contributed by atoms with Crippen LogP contribution in [0.1, 0.15) is 22.9 Å². The van der Waals surface area contributed by atoms with Gasteiger partial charge in [0.15, 0.2) is 0 Å². The maximum absolute atomic E-state index is 6.14. The van der Waals surface area contributed by atoms with Crippen LogP contribution in [0.2, 0.25) is 0 Å². The molecule has 2 aromatic heterocycles. The van der Waals surface area contributed by atoms with Gasteiger partial charge in [0.1, 0.15) is 0 Å². The molecule has 0 aliphatic carbocycles. The molecule has 16 heavy (non-hydrogen) atoms. The van der Waals surface area contributed by atoms with Crippen molar-refractivity contribution in [2.45, 2.75) is 19.4 Å². The molecular weight excluding hydrogens is 331 g/mol. The van der Waals surface area contributed by atoms with E-state index in [1.165, 1.54) is 14.0 Å². The number of hydrogen-bond acceptors (Lipinski definition) is 3. The van der Waals surface area contributed by atoms with Crippen molar-refractivity contribution in [3.63, 3.8) is 0 Å². The molecule has 2 heterocycles. The highest BCUT2D eigenvalue weighted by Crippen LogP contribution is 2.22.